The topological polar surface area (TPSA) is 146 Å². The van der Waals surface area contributed by atoms with Crippen molar-refractivity contribution in [3.63, 3.8) is 0 Å². The molecule has 0 spiro atoms. The summed E-state index contributed by atoms with van der Waals surface area (Å²) in [5.74, 6) is -0.216. The van der Waals surface area contributed by atoms with E-state index >= 15 is 0 Å². The number of likely N-dealkylation sites (tertiary alicyclic amines) is 1. The molecule has 0 aliphatic carbocycles. The lowest BCUT2D eigenvalue weighted by Crippen LogP contribution is -2.32. The highest BCUT2D eigenvalue weighted by Crippen LogP contribution is 2.32. The number of aromatic amines is 1. The number of nitrogens with one attached hydrogen (secondary N) is 2. The molecule has 1 aliphatic rings. The first-order valence-electron chi connectivity index (χ1n) is 15.8. The molecule has 0 amide bonds. The summed E-state index contributed by atoms with van der Waals surface area (Å²) in [7, 11) is 0. The number of carbonyl (C=O) groups is 1. The Morgan fingerprint density at radius 3 is 2.26 bits per heavy atom. The molecule has 50 heavy (non-hydrogen) atoms. The molecule has 7 rings (SSSR count). The van der Waals surface area contributed by atoms with Crippen molar-refractivity contribution in [1.29, 1.82) is 0 Å². The zero-order chi connectivity index (χ0) is 34.9. The van der Waals surface area contributed by atoms with Crippen molar-refractivity contribution in [2.45, 2.75) is 31.5 Å². The summed E-state index contributed by atoms with van der Waals surface area (Å²) in [6.45, 7) is 2.94. The zero-order valence-corrected chi connectivity index (χ0v) is 26.6. The Bertz CT molecular complexity index is 1990. The van der Waals surface area contributed by atoms with Gasteiger partial charge in [-0.1, -0.05) is 60.7 Å². The summed E-state index contributed by atoms with van der Waals surface area (Å²) < 4.78 is 31.7. The molecule has 1 aliphatic heterocycles. The fraction of sp³-hybridized carbons (Fsp3) is 0.194. The molecule has 6 aromatic rings. The van der Waals surface area contributed by atoms with Gasteiger partial charge in [-0.15, -0.1) is 0 Å². The van der Waals surface area contributed by atoms with E-state index in [4.69, 9.17) is 19.9 Å². The number of H-pyrrole nitrogens is 1. The number of carboxylic acids is 1. The summed E-state index contributed by atoms with van der Waals surface area (Å²) in [5.41, 5.74) is 6.93. The van der Waals surface area contributed by atoms with E-state index in [0.717, 1.165) is 72.1 Å². The highest BCUT2D eigenvalue weighted by Gasteiger charge is 2.38. The molecule has 3 N–H and O–H groups in total. The largest absolute Gasteiger partial charge is 0.490 e. The van der Waals surface area contributed by atoms with Crippen LogP contribution in [0.4, 0.5) is 24.8 Å². The molecule has 0 unspecified atom stereocenters. The number of halogens is 3. The first-order chi connectivity index (χ1) is 24.2. The maximum atomic E-state index is 10.6. The summed E-state index contributed by atoms with van der Waals surface area (Å²) in [4.78, 5) is 34.2. The van der Waals surface area contributed by atoms with Gasteiger partial charge in [-0.3, -0.25) is 20.0 Å². The molecule has 254 valence electrons. The van der Waals surface area contributed by atoms with Gasteiger partial charge in [0, 0.05) is 42.2 Å². The molecule has 0 saturated carbocycles. The van der Waals surface area contributed by atoms with Crippen LogP contribution < -0.4 is 5.32 Å². The number of aromatic nitrogens is 7. The average molecular weight is 680 g/mol. The number of hydrogen-bond donors (Lipinski definition) is 3. The normalized spacial score (nSPS) is 13.7. The maximum absolute atomic E-state index is 10.6. The van der Waals surface area contributed by atoms with E-state index in [2.05, 4.69) is 71.8 Å². The monoisotopic (exact) mass is 679 g/mol. The van der Waals surface area contributed by atoms with E-state index in [1.165, 1.54) is 5.56 Å². The number of rotatable bonds is 8. The zero-order valence-electron chi connectivity index (χ0n) is 26.6. The Morgan fingerprint density at radius 2 is 1.60 bits per heavy atom. The fourth-order valence-electron chi connectivity index (χ4n) is 5.51. The van der Waals surface area contributed by atoms with Crippen LogP contribution in [-0.2, 0) is 11.3 Å². The van der Waals surface area contributed by atoms with Gasteiger partial charge in [0.15, 0.2) is 5.82 Å². The Kier molecular flexibility index (Phi) is 10.5. The Labute approximate surface area is 285 Å². The van der Waals surface area contributed by atoms with Crippen molar-refractivity contribution in [2.24, 2.45) is 0 Å². The maximum Gasteiger partial charge on any atom is 0.490 e. The van der Waals surface area contributed by atoms with Gasteiger partial charge < -0.3 is 10.4 Å². The van der Waals surface area contributed by atoms with Gasteiger partial charge in [-0.2, -0.15) is 18.3 Å². The lowest BCUT2D eigenvalue weighted by Gasteiger charge is -2.31. The van der Waals surface area contributed by atoms with Crippen LogP contribution >= 0.6 is 0 Å². The third-order valence-corrected chi connectivity index (χ3v) is 8.04. The number of piperidine rings is 1. The number of aliphatic carboxylic acids is 1. The van der Waals surface area contributed by atoms with Crippen LogP contribution in [0.2, 0.25) is 0 Å². The standard InChI is InChI=1S/C34H31N9.C2HF3O2/c1-2-7-25(8-3-1)29-22-37-34(38-28-9-6-17-35-21-28)39-31(29)26-13-11-24(12-14-26)23-43-19-15-27(16-20-43)32-40-33(42-41-32)30-10-4-5-18-36-30;3-2(4,5)1(6)7/h1-14,17-18,21-22,27H,15-16,19-20,23H2,(H,37,38,39)(H,40,41,42);(H,6,7). The van der Waals surface area contributed by atoms with Crippen molar-refractivity contribution >= 4 is 17.6 Å². The van der Waals surface area contributed by atoms with Crippen LogP contribution in [-0.4, -0.2) is 70.4 Å². The van der Waals surface area contributed by atoms with E-state index in [1.807, 2.05) is 54.7 Å². The SMILES string of the molecule is O=C(O)C(F)(F)F.c1ccc(-c2cnc(Nc3cccnc3)nc2-c2ccc(CN3CCC(c4nc(-c5ccccn5)n[nH]4)CC3)cc2)cc1. The van der Waals surface area contributed by atoms with E-state index < -0.39 is 12.1 Å². The Hall–Kier alpha value is -6.02. The second-order valence-corrected chi connectivity index (χ2v) is 11.5. The molecule has 5 heterocycles. The molecule has 4 aromatic heterocycles. The second kappa shape index (κ2) is 15.5. The number of alkyl halides is 3. The van der Waals surface area contributed by atoms with Crippen LogP contribution in [0, 0.1) is 0 Å². The minimum absolute atomic E-state index is 0.382. The highest BCUT2D eigenvalue weighted by atomic mass is 19.4. The number of carboxylic acid groups (broad SMARTS) is 1. The molecular weight excluding hydrogens is 647 g/mol. The Morgan fingerprint density at radius 1 is 0.860 bits per heavy atom. The third kappa shape index (κ3) is 8.71. The quantitative estimate of drug-likeness (QED) is 0.152. The fourth-order valence-corrected chi connectivity index (χ4v) is 5.51. The lowest BCUT2D eigenvalue weighted by atomic mass is 9.95. The number of benzene rings is 2. The molecule has 1 fully saturated rings. The number of nitrogens with zero attached hydrogens (tertiary/aromatic N) is 7. The summed E-state index contributed by atoms with van der Waals surface area (Å²) in [5, 5.41) is 18.0. The predicted molar refractivity (Wildman–Crippen MR) is 181 cm³/mol. The number of pyridine rings is 2. The van der Waals surface area contributed by atoms with Gasteiger partial charge in [0.05, 0.1) is 17.6 Å². The number of anilines is 2. The molecule has 14 heteroatoms. The minimum Gasteiger partial charge on any atom is -0.475 e. The first kappa shape index (κ1) is 33.9. The molecule has 11 nitrogen and oxygen atoms in total. The van der Waals surface area contributed by atoms with Gasteiger partial charge in [0.2, 0.25) is 5.95 Å². The molecular formula is C36H32F3N9O2. The predicted octanol–water partition coefficient (Wildman–Crippen LogP) is 7.14. The van der Waals surface area contributed by atoms with E-state index in [1.54, 1.807) is 18.6 Å². The summed E-state index contributed by atoms with van der Waals surface area (Å²) in [6, 6.07) is 28.6. The average Bonchev–Trinajstić information content (AvgIpc) is 3.64. The van der Waals surface area contributed by atoms with Gasteiger partial charge in [0.25, 0.3) is 0 Å². The van der Waals surface area contributed by atoms with Gasteiger partial charge in [0.1, 0.15) is 11.5 Å². The van der Waals surface area contributed by atoms with Crippen LogP contribution in [0.5, 0.6) is 0 Å². The second-order valence-electron chi connectivity index (χ2n) is 11.5. The van der Waals surface area contributed by atoms with Crippen molar-refractivity contribution in [3.05, 3.63) is 121 Å². The van der Waals surface area contributed by atoms with Gasteiger partial charge in [-0.25, -0.2) is 19.7 Å². The molecule has 0 atom stereocenters. The highest BCUT2D eigenvalue weighted by molar-refractivity contribution is 5.81. The smallest absolute Gasteiger partial charge is 0.475 e. The van der Waals surface area contributed by atoms with Crippen LogP contribution in [0.3, 0.4) is 0 Å². The minimum atomic E-state index is -5.08. The molecule has 0 bridgehead atoms. The van der Waals surface area contributed by atoms with Gasteiger partial charge in [-0.05, 0) is 61.3 Å². The van der Waals surface area contributed by atoms with E-state index in [9.17, 15) is 13.2 Å². The van der Waals surface area contributed by atoms with Gasteiger partial charge >= 0.3 is 12.1 Å². The molecule has 1 saturated heterocycles. The Balaban J connectivity index is 0.000000561. The van der Waals surface area contributed by atoms with Crippen molar-refractivity contribution in [1.82, 2.24) is 40.0 Å². The molecule has 2 aromatic carbocycles. The van der Waals surface area contributed by atoms with Crippen molar-refractivity contribution in [2.75, 3.05) is 18.4 Å². The lowest BCUT2D eigenvalue weighted by molar-refractivity contribution is -0.192. The van der Waals surface area contributed by atoms with E-state index in [0.29, 0.717) is 17.7 Å². The number of hydrogen-bond acceptors (Lipinski definition) is 9. The van der Waals surface area contributed by atoms with Crippen LogP contribution in [0.1, 0.15) is 30.1 Å². The van der Waals surface area contributed by atoms with Crippen LogP contribution in [0.25, 0.3) is 33.9 Å². The summed E-state index contributed by atoms with van der Waals surface area (Å²) in [6.07, 6.45) is 4.17. The first-order valence-corrected chi connectivity index (χ1v) is 15.8. The summed E-state index contributed by atoms with van der Waals surface area (Å²) >= 11 is 0. The van der Waals surface area contributed by atoms with Crippen molar-refractivity contribution in [3.8, 4) is 33.9 Å². The third-order valence-electron chi connectivity index (χ3n) is 8.04. The molecule has 0 radical (unpaired) electrons. The van der Waals surface area contributed by atoms with E-state index in [-0.39, 0.29) is 0 Å². The van der Waals surface area contributed by atoms with Crippen LogP contribution in [0.15, 0.2) is 110 Å². The van der Waals surface area contributed by atoms with Crippen molar-refractivity contribution < 1.29 is 23.1 Å².